The lowest BCUT2D eigenvalue weighted by Gasteiger charge is -2.36. The zero-order valence-electron chi connectivity index (χ0n) is 26.1. The van der Waals surface area contributed by atoms with Gasteiger partial charge in [-0.15, -0.1) is 0 Å². The number of benzene rings is 2. The average molecular weight is 668 g/mol. The van der Waals surface area contributed by atoms with E-state index in [1.54, 1.807) is 33.7 Å². The molecule has 2 atom stereocenters. The number of halogens is 1. The summed E-state index contributed by atoms with van der Waals surface area (Å²) >= 11 is 0. The highest BCUT2D eigenvalue weighted by Crippen LogP contribution is 2.29. The van der Waals surface area contributed by atoms with Crippen LogP contribution in [0.1, 0.15) is 12.5 Å². The molecule has 2 unspecified atom stereocenters. The van der Waals surface area contributed by atoms with E-state index >= 15 is 4.39 Å². The fraction of sp³-hybridized carbons (Fsp3) is 0.419. The first-order chi connectivity index (χ1) is 23.1. The third-order valence-corrected chi connectivity index (χ3v) is 8.15. The molecule has 48 heavy (non-hydrogen) atoms. The smallest absolute Gasteiger partial charge is 0.414 e. The van der Waals surface area contributed by atoms with E-state index in [0.29, 0.717) is 49.8 Å². The molecule has 17 heteroatoms. The number of piperazine rings is 1. The largest absolute Gasteiger partial charge is 0.484 e. The summed E-state index contributed by atoms with van der Waals surface area (Å²) in [7, 11) is 0. The van der Waals surface area contributed by atoms with Crippen LogP contribution < -0.4 is 24.6 Å². The summed E-state index contributed by atoms with van der Waals surface area (Å²) in [5.41, 5.74) is 1.61. The van der Waals surface area contributed by atoms with Crippen molar-refractivity contribution in [2.45, 2.75) is 32.3 Å². The maximum absolute atomic E-state index is 15.2. The summed E-state index contributed by atoms with van der Waals surface area (Å²) in [6, 6.07) is 11.9. The number of rotatable bonds is 11. The molecule has 3 aromatic rings. The average Bonchev–Trinajstić information content (AvgIpc) is 3.69. The van der Waals surface area contributed by atoms with E-state index in [9.17, 15) is 24.5 Å². The van der Waals surface area contributed by atoms with Crippen LogP contribution in [0.2, 0.25) is 0 Å². The van der Waals surface area contributed by atoms with E-state index < -0.39 is 22.9 Å². The minimum absolute atomic E-state index is 0.146. The van der Waals surface area contributed by atoms with Crippen molar-refractivity contribution >= 4 is 35.1 Å². The van der Waals surface area contributed by atoms with Crippen molar-refractivity contribution in [3.8, 4) is 11.8 Å². The number of carbonyl (C=O) groups excluding carboxylic acids is 3. The van der Waals surface area contributed by atoms with Crippen LogP contribution in [0.15, 0.2) is 48.7 Å². The summed E-state index contributed by atoms with van der Waals surface area (Å²) in [5, 5.41) is 13.5. The van der Waals surface area contributed by atoms with E-state index in [1.807, 2.05) is 17.0 Å². The molecule has 0 bridgehead atoms. The predicted molar refractivity (Wildman–Crippen MR) is 166 cm³/mol. The molecule has 1 aromatic heterocycles. The highest BCUT2D eigenvalue weighted by Gasteiger charge is 2.33. The molecule has 2 saturated heterocycles. The van der Waals surface area contributed by atoms with Crippen LogP contribution in [-0.4, -0.2) is 102 Å². The van der Waals surface area contributed by atoms with Crippen LogP contribution in [0.25, 0.3) is 0 Å². The summed E-state index contributed by atoms with van der Waals surface area (Å²) in [6.45, 7) is 4.13. The van der Waals surface area contributed by atoms with Crippen molar-refractivity contribution in [3.05, 3.63) is 70.2 Å². The molecule has 2 fully saturated rings. The van der Waals surface area contributed by atoms with Gasteiger partial charge in [0.25, 0.3) is 5.91 Å². The molecule has 3 aliphatic rings. The molecule has 0 radical (unpaired) electrons. The molecule has 2 aromatic carbocycles. The van der Waals surface area contributed by atoms with Gasteiger partial charge in [-0.25, -0.2) is 9.18 Å². The SMILES string of the molecule is CC(=O)NCC1CN(c2ccc(N3CCN(C(=O)COc4ccc(COC5COc6nc([N+](=O)[O-])cn6C5)cc4)CC3)c(F)c2)C(=O)O1. The summed E-state index contributed by atoms with van der Waals surface area (Å²) < 4.78 is 39.1. The van der Waals surface area contributed by atoms with Crippen LogP contribution in [0.4, 0.5) is 26.4 Å². The van der Waals surface area contributed by atoms with Gasteiger partial charge in [-0.05, 0) is 40.8 Å². The third-order valence-electron chi connectivity index (χ3n) is 8.15. The van der Waals surface area contributed by atoms with Gasteiger partial charge in [0.05, 0.1) is 37.6 Å². The highest BCUT2D eigenvalue weighted by atomic mass is 19.1. The van der Waals surface area contributed by atoms with Gasteiger partial charge in [0.2, 0.25) is 5.91 Å². The second kappa shape index (κ2) is 14.1. The van der Waals surface area contributed by atoms with Crippen LogP contribution >= 0.6 is 0 Å². The lowest BCUT2D eigenvalue weighted by Crippen LogP contribution is -2.50. The number of fused-ring (bicyclic) bond motifs is 1. The van der Waals surface area contributed by atoms with E-state index in [4.69, 9.17) is 18.9 Å². The molecule has 0 saturated carbocycles. The second-order valence-corrected chi connectivity index (χ2v) is 11.5. The van der Waals surface area contributed by atoms with Gasteiger partial charge in [0, 0.05) is 38.1 Å². The number of anilines is 2. The van der Waals surface area contributed by atoms with E-state index in [1.165, 1.54) is 24.1 Å². The lowest BCUT2D eigenvalue weighted by molar-refractivity contribution is -0.389. The molecule has 6 rings (SSSR count). The number of imidazole rings is 1. The zero-order valence-corrected chi connectivity index (χ0v) is 26.1. The van der Waals surface area contributed by atoms with Gasteiger partial charge in [-0.3, -0.25) is 19.1 Å². The number of aromatic nitrogens is 2. The molecular formula is C31H34FN7O9. The van der Waals surface area contributed by atoms with Gasteiger partial charge in [-0.2, -0.15) is 0 Å². The van der Waals surface area contributed by atoms with E-state index in [2.05, 4.69) is 10.3 Å². The Labute approximate surface area is 274 Å². The predicted octanol–water partition coefficient (Wildman–Crippen LogP) is 2.10. The summed E-state index contributed by atoms with van der Waals surface area (Å²) in [4.78, 5) is 55.3. The Bertz CT molecular complexity index is 1680. The van der Waals surface area contributed by atoms with Crippen molar-refractivity contribution in [1.29, 1.82) is 0 Å². The highest BCUT2D eigenvalue weighted by molar-refractivity contribution is 5.90. The quantitative estimate of drug-likeness (QED) is 0.235. The maximum atomic E-state index is 15.2. The fourth-order valence-corrected chi connectivity index (χ4v) is 5.61. The fourth-order valence-electron chi connectivity index (χ4n) is 5.61. The number of nitrogens with one attached hydrogen (secondary N) is 1. The molecule has 16 nitrogen and oxygen atoms in total. The Morgan fingerprint density at radius 3 is 2.60 bits per heavy atom. The normalized spacial score (nSPS) is 19.0. The van der Waals surface area contributed by atoms with Crippen LogP contribution in [0.5, 0.6) is 11.8 Å². The summed E-state index contributed by atoms with van der Waals surface area (Å²) in [5.74, 6) is -0.661. The molecule has 4 heterocycles. The Kier molecular flexibility index (Phi) is 9.56. The van der Waals surface area contributed by atoms with Gasteiger partial charge in [-0.1, -0.05) is 12.1 Å². The Morgan fingerprint density at radius 2 is 1.90 bits per heavy atom. The van der Waals surface area contributed by atoms with Crippen molar-refractivity contribution in [3.63, 3.8) is 0 Å². The van der Waals surface area contributed by atoms with Crippen molar-refractivity contribution in [2.75, 3.05) is 62.3 Å². The van der Waals surface area contributed by atoms with Crippen molar-refractivity contribution in [1.82, 2.24) is 19.8 Å². The minimum Gasteiger partial charge on any atom is -0.484 e. The van der Waals surface area contributed by atoms with Gasteiger partial charge in [0.1, 0.15) is 36.6 Å². The number of amides is 3. The number of carbonyl (C=O) groups is 3. The molecule has 0 aliphatic carbocycles. The number of ether oxygens (including phenoxy) is 4. The number of nitro groups is 1. The van der Waals surface area contributed by atoms with E-state index in [0.717, 1.165) is 5.56 Å². The Morgan fingerprint density at radius 1 is 1.12 bits per heavy atom. The molecule has 1 N–H and O–H groups in total. The first-order valence-corrected chi connectivity index (χ1v) is 15.4. The summed E-state index contributed by atoms with van der Waals surface area (Å²) in [6.07, 6.45) is -0.106. The van der Waals surface area contributed by atoms with Gasteiger partial charge in [0.15, 0.2) is 6.61 Å². The molecule has 3 amide bonds. The minimum atomic E-state index is -0.602. The first kappa shape index (κ1) is 32.5. The topological polar surface area (TPSA) is 171 Å². The number of hydrogen-bond donors (Lipinski definition) is 1. The number of nitrogens with zero attached hydrogens (tertiary/aromatic N) is 6. The van der Waals surface area contributed by atoms with Crippen LogP contribution in [0.3, 0.4) is 0 Å². The molecule has 254 valence electrons. The van der Waals surface area contributed by atoms with Gasteiger partial charge >= 0.3 is 17.9 Å². The van der Waals surface area contributed by atoms with Crippen molar-refractivity contribution in [2.24, 2.45) is 0 Å². The standard InChI is InChI=1S/C31H34FN7O9/c1-20(40)33-13-24-15-38(31(42)48-24)22-4-7-27(26(32)12-22)35-8-10-36(11-9-35)29(41)19-46-23-5-2-21(3-6-23)17-45-25-14-37-16-28(39(43)44)34-30(37)47-18-25/h2-7,12,16,24-25H,8-11,13-15,17-19H2,1H3,(H,33,40). The van der Waals surface area contributed by atoms with E-state index in [-0.39, 0.29) is 62.7 Å². The monoisotopic (exact) mass is 667 g/mol. The zero-order chi connectivity index (χ0) is 33.8. The van der Waals surface area contributed by atoms with Crippen molar-refractivity contribution < 1.29 is 42.6 Å². The maximum Gasteiger partial charge on any atom is 0.414 e. The Hall–Kier alpha value is -5.45. The van der Waals surface area contributed by atoms with Crippen LogP contribution in [-0.2, 0) is 32.2 Å². The number of hydrogen-bond acceptors (Lipinski definition) is 11. The lowest BCUT2D eigenvalue weighted by atomic mass is 10.2. The number of cyclic esters (lactones) is 1. The molecule has 3 aliphatic heterocycles. The Balaban J connectivity index is 0.923. The van der Waals surface area contributed by atoms with Crippen LogP contribution in [0, 0.1) is 15.9 Å². The molecular weight excluding hydrogens is 633 g/mol. The molecule has 0 spiro atoms. The van der Waals surface area contributed by atoms with Gasteiger partial charge < -0.3 is 44.2 Å². The second-order valence-electron chi connectivity index (χ2n) is 11.5. The third kappa shape index (κ3) is 7.57. The first-order valence-electron chi connectivity index (χ1n) is 15.4.